The van der Waals surface area contributed by atoms with Gasteiger partial charge in [0, 0.05) is 12.2 Å². The number of fused-ring (bicyclic) bond motifs is 1. The third-order valence-electron chi connectivity index (χ3n) is 4.85. The van der Waals surface area contributed by atoms with E-state index in [0.717, 1.165) is 18.7 Å². The summed E-state index contributed by atoms with van der Waals surface area (Å²) < 4.78 is 0. The molecular weight excluding hydrogens is 284 g/mol. The highest BCUT2D eigenvalue weighted by Crippen LogP contribution is 2.34. The fourth-order valence-electron chi connectivity index (χ4n) is 3.35. The fourth-order valence-corrected chi connectivity index (χ4v) is 3.35. The Labute approximate surface area is 141 Å². The summed E-state index contributed by atoms with van der Waals surface area (Å²) in [5.74, 6) is 0.613. The van der Waals surface area contributed by atoms with E-state index in [4.69, 9.17) is 0 Å². The van der Waals surface area contributed by atoms with E-state index in [2.05, 4.69) is 36.6 Å². The van der Waals surface area contributed by atoms with Crippen molar-refractivity contribution in [3.63, 3.8) is 0 Å². The molecule has 3 nitrogen and oxygen atoms in total. The maximum absolute atomic E-state index is 11.9. The molecule has 0 saturated carbocycles. The van der Waals surface area contributed by atoms with E-state index in [1.54, 1.807) is 0 Å². The summed E-state index contributed by atoms with van der Waals surface area (Å²) in [5, 5.41) is 5.92. The van der Waals surface area contributed by atoms with Gasteiger partial charge in [-0.3, -0.25) is 0 Å². The molecule has 1 atom stereocenters. The third-order valence-corrected chi connectivity index (χ3v) is 4.85. The summed E-state index contributed by atoms with van der Waals surface area (Å²) >= 11 is 0. The maximum atomic E-state index is 11.9. The van der Waals surface area contributed by atoms with Crippen LogP contribution in [0, 0.1) is 0 Å². The summed E-state index contributed by atoms with van der Waals surface area (Å²) in [6.45, 7) is 5.27. The molecule has 1 aromatic carbocycles. The van der Waals surface area contributed by atoms with Gasteiger partial charge in [-0.25, -0.2) is 4.79 Å². The maximum Gasteiger partial charge on any atom is 0.319 e. The minimum atomic E-state index is -0.0819. The predicted octanol–water partition coefficient (Wildman–Crippen LogP) is 5.61. The molecular formula is C20H32N2O. The number of hydrogen-bond donors (Lipinski definition) is 2. The molecule has 0 saturated heterocycles. The number of carbonyl (C=O) groups is 1. The van der Waals surface area contributed by atoms with Crippen LogP contribution in [0.25, 0.3) is 0 Å². The van der Waals surface area contributed by atoms with E-state index in [-0.39, 0.29) is 6.03 Å². The number of anilines is 1. The number of amides is 2. The van der Waals surface area contributed by atoms with Crippen LogP contribution in [0.3, 0.4) is 0 Å². The number of rotatable bonds is 9. The quantitative estimate of drug-likeness (QED) is 0.571. The zero-order chi connectivity index (χ0) is 16.5. The molecule has 1 aliphatic rings. The van der Waals surface area contributed by atoms with Crippen molar-refractivity contribution in [2.24, 2.45) is 0 Å². The van der Waals surface area contributed by atoms with E-state index in [1.807, 2.05) is 6.07 Å². The van der Waals surface area contributed by atoms with Gasteiger partial charge in [0.2, 0.25) is 0 Å². The lowest BCUT2D eigenvalue weighted by atomic mass is 10.0. The predicted molar refractivity (Wildman–Crippen MR) is 98.2 cm³/mol. The summed E-state index contributed by atoms with van der Waals surface area (Å²) in [4.78, 5) is 11.9. The van der Waals surface area contributed by atoms with Gasteiger partial charge in [0.1, 0.15) is 0 Å². The summed E-state index contributed by atoms with van der Waals surface area (Å²) in [7, 11) is 0. The molecule has 0 spiro atoms. The van der Waals surface area contributed by atoms with Crippen molar-refractivity contribution in [2.75, 3.05) is 11.9 Å². The Hall–Kier alpha value is -1.51. The van der Waals surface area contributed by atoms with E-state index in [9.17, 15) is 4.79 Å². The number of carbonyl (C=O) groups excluding carboxylic acids is 1. The number of urea groups is 1. The lowest BCUT2D eigenvalue weighted by Gasteiger charge is -2.10. The Balaban J connectivity index is 1.61. The van der Waals surface area contributed by atoms with Gasteiger partial charge >= 0.3 is 6.03 Å². The van der Waals surface area contributed by atoms with Crippen molar-refractivity contribution >= 4 is 11.7 Å². The monoisotopic (exact) mass is 316 g/mol. The first-order valence-electron chi connectivity index (χ1n) is 9.38. The highest BCUT2D eigenvalue weighted by Gasteiger charge is 2.18. The third kappa shape index (κ3) is 5.89. The van der Waals surface area contributed by atoms with Crippen LogP contribution in [0.4, 0.5) is 10.5 Å². The molecule has 0 heterocycles. The van der Waals surface area contributed by atoms with Gasteiger partial charge in [-0.1, -0.05) is 58.4 Å². The van der Waals surface area contributed by atoms with E-state index in [0.29, 0.717) is 5.92 Å². The minimum Gasteiger partial charge on any atom is -0.338 e. The number of aryl methyl sites for hydroxylation is 1. The van der Waals surface area contributed by atoms with Gasteiger partial charge in [0.25, 0.3) is 0 Å². The summed E-state index contributed by atoms with van der Waals surface area (Å²) in [6, 6.07) is 6.23. The fraction of sp³-hybridized carbons (Fsp3) is 0.650. The van der Waals surface area contributed by atoms with Crippen LogP contribution in [0.2, 0.25) is 0 Å². The Morgan fingerprint density at radius 3 is 2.65 bits per heavy atom. The van der Waals surface area contributed by atoms with Gasteiger partial charge in [-0.2, -0.15) is 0 Å². The molecule has 0 radical (unpaired) electrons. The molecule has 128 valence electrons. The highest BCUT2D eigenvalue weighted by atomic mass is 16.2. The molecule has 0 aliphatic heterocycles. The number of benzene rings is 1. The first-order valence-corrected chi connectivity index (χ1v) is 9.38. The van der Waals surface area contributed by atoms with Crippen LogP contribution in [0.5, 0.6) is 0 Å². The van der Waals surface area contributed by atoms with Gasteiger partial charge in [0.15, 0.2) is 0 Å². The SMILES string of the molecule is CCCCCCCCCNC(=O)Nc1ccc2c(c1)C(C)CC2. The van der Waals surface area contributed by atoms with Gasteiger partial charge in [-0.15, -0.1) is 0 Å². The first kappa shape index (κ1) is 17.8. The van der Waals surface area contributed by atoms with Crippen LogP contribution in [-0.2, 0) is 6.42 Å². The second-order valence-electron chi connectivity index (χ2n) is 6.86. The molecule has 2 rings (SSSR count). The highest BCUT2D eigenvalue weighted by molar-refractivity contribution is 5.89. The van der Waals surface area contributed by atoms with E-state index in [1.165, 1.54) is 62.5 Å². The van der Waals surface area contributed by atoms with Crippen LogP contribution >= 0.6 is 0 Å². The Morgan fingerprint density at radius 2 is 1.87 bits per heavy atom. The molecule has 23 heavy (non-hydrogen) atoms. The molecule has 1 unspecified atom stereocenters. The second-order valence-corrected chi connectivity index (χ2v) is 6.86. The molecule has 2 amide bonds. The first-order chi connectivity index (χ1) is 11.2. The van der Waals surface area contributed by atoms with E-state index < -0.39 is 0 Å². The van der Waals surface area contributed by atoms with Crippen molar-refractivity contribution < 1.29 is 4.79 Å². The van der Waals surface area contributed by atoms with Crippen molar-refractivity contribution in [3.05, 3.63) is 29.3 Å². The molecule has 0 bridgehead atoms. The Kier molecular flexibility index (Phi) is 7.44. The molecule has 2 N–H and O–H groups in total. The van der Waals surface area contributed by atoms with Crippen LogP contribution in [0.1, 0.15) is 82.3 Å². The number of hydrogen-bond acceptors (Lipinski definition) is 1. The Morgan fingerprint density at radius 1 is 1.13 bits per heavy atom. The zero-order valence-electron chi connectivity index (χ0n) is 14.8. The molecule has 1 aromatic rings. The average Bonchev–Trinajstić information content (AvgIpc) is 2.91. The summed E-state index contributed by atoms with van der Waals surface area (Å²) in [5.41, 5.74) is 3.75. The van der Waals surface area contributed by atoms with Gasteiger partial charge < -0.3 is 10.6 Å². The molecule has 0 fully saturated rings. The second kappa shape index (κ2) is 9.59. The summed E-state index contributed by atoms with van der Waals surface area (Å²) in [6.07, 6.45) is 11.3. The zero-order valence-corrected chi connectivity index (χ0v) is 14.8. The number of unbranched alkanes of at least 4 members (excludes halogenated alkanes) is 6. The van der Waals surface area contributed by atoms with E-state index >= 15 is 0 Å². The lowest BCUT2D eigenvalue weighted by molar-refractivity contribution is 0.252. The number of nitrogens with one attached hydrogen (secondary N) is 2. The van der Waals surface area contributed by atoms with Crippen molar-refractivity contribution in [2.45, 2.75) is 77.6 Å². The minimum absolute atomic E-state index is 0.0819. The average molecular weight is 316 g/mol. The standard InChI is InChI=1S/C20H32N2O/c1-3-4-5-6-7-8-9-14-21-20(23)22-18-13-12-17-11-10-16(2)19(17)15-18/h12-13,15-16H,3-11,14H2,1-2H3,(H2,21,22,23). The molecule has 0 aromatic heterocycles. The van der Waals surface area contributed by atoms with Gasteiger partial charge in [0.05, 0.1) is 0 Å². The van der Waals surface area contributed by atoms with Crippen molar-refractivity contribution in [1.82, 2.24) is 5.32 Å². The Bertz CT molecular complexity index is 498. The smallest absolute Gasteiger partial charge is 0.319 e. The van der Waals surface area contributed by atoms with Crippen LogP contribution in [-0.4, -0.2) is 12.6 Å². The van der Waals surface area contributed by atoms with Crippen molar-refractivity contribution in [3.8, 4) is 0 Å². The van der Waals surface area contributed by atoms with Crippen LogP contribution < -0.4 is 10.6 Å². The largest absolute Gasteiger partial charge is 0.338 e. The topological polar surface area (TPSA) is 41.1 Å². The molecule has 1 aliphatic carbocycles. The lowest BCUT2D eigenvalue weighted by Crippen LogP contribution is -2.29. The van der Waals surface area contributed by atoms with Crippen molar-refractivity contribution in [1.29, 1.82) is 0 Å². The molecule has 3 heteroatoms. The normalized spacial score (nSPS) is 16.2. The van der Waals surface area contributed by atoms with Crippen LogP contribution in [0.15, 0.2) is 18.2 Å². The van der Waals surface area contributed by atoms with Gasteiger partial charge in [-0.05, 0) is 48.4 Å².